The minimum Gasteiger partial charge on any atom is -0.497 e. The van der Waals surface area contributed by atoms with Gasteiger partial charge in [0, 0.05) is 31.5 Å². The molecule has 8 N–H and O–H groups in total. The van der Waals surface area contributed by atoms with Crippen LogP contribution in [0.3, 0.4) is 0 Å². The fraction of sp³-hybridized carbons (Fsp3) is 0.375. The highest BCUT2D eigenvalue weighted by Gasteiger charge is 2.40. The van der Waals surface area contributed by atoms with E-state index in [0.29, 0.717) is 43.8 Å². The number of rotatable bonds is 6. The van der Waals surface area contributed by atoms with E-state index in [4.69, 9.17) is 33.2 Å². The summed E-state index contributed by atoms with van der Waals surface area (Å²) in [5.41, 5.74) is 11.3. The second-order valence-electron chi connectivity index (χ2n) is 9.19. The van der Waals surface area contributed by atoms with Crippen molar-refractivity contribution in [2.45, 2.75) is 31.2 Å². The lowest BCUT2D eigenvalue weighted by Gasteiger charge is -2.39. The molecule has 0 radical (unpaired) electrons. The molecule has 2 aromatic rings. The summed E-state index contributed by atoms with van der Waals surface area (Å²) in [7, 11) is 1.55. The second-order valence-corrected chi connectivity index (χ2v) is 9.55. The van der Waals surface area contributed by atoms with Crippen LogP contribution in [0.4, 0.5) is 11.6 Å². The average molecular weight is 557 g/mol. The zero-order valence-electron chi connectivity index (χ0n) is 21.2. The standard InChI is InChI=1S/C24H29ClN10O4/c1-39-14-4-2-13(3-5-14)19(26)30-15(36)6-7-16(37)35-10-8-24(9-11-35)12-29-23(34-24)33-22(38)17-20(27)32-21(28)18(25)31-17/h2-5H,6-12H2,1H3,(H2,26,30,36)(H4,27,28,32)(H2,29,33,34,38). The Labute approximate surface area is 229 Å². The van der Waals surface area contributed by atoms with Crippen molar-refractivity contribution < 1.29 is 19.1 Å². The Morgan fingerprint density at radius 3 is 2.49 bits per heavy atom. The molecule has 4 rings (SSSR count). The monoisotopic (exact) mass is 556 g/mol. The highest BCUT2D eigenvalue weighted by atomic mass is 35.5. The molecule has 15 heteroatoms. The quantitative estimate of drug-likeness (QED) is 0.212. The first-order chi connectivity index (χ1) is 18.6. The summed E-state index contributed by atoms with van der Waals surface area (Å²) in [6.07, 6.45) is 1.21. The van der Waals surface area contributed by atoms with Gasteiger partial charge in [-0.25, -0.2) is 9.97 Å². The van der Waals surface area contributed by atoms with Crippen molar-refractivity contribution in [1.82, 2.24) is 30.8 Å². The first-order valence-corrected chi connectivity index (χ1v) is 12.5. The van der Waals surface area contributed by atoms with Crippen molar-refractivity contribution in [2.24, 2.45) is 4.99 Å². The molecule has 1 aromatic carbocycles. The summed E-state index contributed by atoms with van der Waals surface area (Å²) >= 11 is 5.85. The van der Waals surface area contributed by atoms with Crippen LogP contribution in [-0.4, -0.2) is 76.7 Å². The molecule has 14 nitrogen and oxygen atoms in total. The number of carbonyl (C=O) groups is 3. The minimum atomic E-state index is -0.629. The van der Waals surface area contributed by atoms with E-state index in [1.165, 1.54) is 0 Å². The molecule has 0 bridgehead atoms. The van der Waals surface area contributed by atoms with Gasteiger partial charge in [0.15, 0.2) is 28.4 Å². The van der Waals surface area contributed by atoms with Gasteiger partial charge in [-0.15, -0.1) is 0 Å². The van der Waals surface area contributed by atoms with Gasteiger partial charge in [-0.05, 0) is 37.1 Å². The molecule has 2 aliphatic heterocycles. The van der Waals surface area contributed by atoms with Gasteiger partial charge in [-0.2, -0.15) is 0 Å². The fourth-order valence-electron chi connectivity index (χ4n) is 4.28. The Morgan fingerprint density at radius 2 is 1.82 bits per heavy atom. The number of benzene rings is 1. The van der Waals surface area contributed by atoms with Crippen molar-refractivity contribution in [3.63, 3.8) is 0 Å². The minimum absolute atomic E-state index is 0.0300. The molecule has 3 amide bonds. The number of piperidine rings is 1. The molecular weight excluding hydrogens is 528 g/mol. The van der Waals surface area contributed by atoms with Crippen LogP contribution in [-0.2, 0) is 9.59 Å². The molecule has 206 valence electrons. The lowest BCUT2D eigenvalue weighted by atomic mass is 9.88. The van der Waals surface area contributed by atoms with Crippen LogP contribution in [0.1, 0.15) is 41.7 Å². The summed E-state index contributed by atoms with van der Waals surface area (Å²) in [6.45, 7) is 1.36. The molecular formula is C24H29ClN10O4. The number of halogens is 1. The first kappa shape index (κ1) is 27.6. The normalized spacial score (nSPS) is 15.7. The summed E-state index contributed by atoms with van der Waals surface area (Å²) in [4.78, 5) is 51.4. The summed E-state index contributed by atoms with van der Waals surface area (Å²) in [5.74, 6) is -0.526. The van der Waals surface area contributed by atoms with E-state index in [0.717, 1.165) is 0 Å². The number of guanidine groups is 1. The van der Waals surface area contributed by atoms with Crippen molar-refractivity contribution >= 4 is 52.8 Å². The maximum Gasteiger partial charge on any atom is 0.280 e. The third-order valence-electron chi connectivity index (χ3n) is 6.56. The Morgan fingerprint density at radius 1 is 1.13 bits per heavy atom. The Hall–Kier alpha value is -4.46. The zero-order chi connectivity index (χ0) is 28.2. The Bertz CT molecular complexity index is 1320. The van der Waals surface area contributed by atoms with E-state index in [1.807, 2.05) is 0 Å². The maximum absolute atomic E-state index is 12.7. The zero-order valence-corrected chi connectivity index (χ0v) is 22.0. The van der Waals surface area contributed by atoms with Crippen molar-refractivity contribution in [3.05, 3.63) is 40.7 Å². The molecule has 0 atom stereocenters. The molecule has 39 heavy (non-hydrogen) atoms. The topological polar surface area (TPSA) is 214 Å². The number of amides is 3. The number of nitrogens with one attached hydrogen (secondary N) is 4. The number of aromatic nitrogens is 2. The van der Waals surface area contributed by atoms with Gasteiger partial charge in [0.2, 0.25) is 11.8 Å². The number of nitrogens with zero attached hydrogens (tertiary/aromatic N) is 4. The van der Waals surface area contributed by atoms with Gasteiger partial charge >= 0.3 is 0 Å². The van der Waals surface area contributed by atoms with E-state index in [9.17, 15) is 14.4 Å². The summed E-state index contributed by atoms with van der Waals surface area (Å²) in [5, 5.41) is 16.3. The van der Waals surface area contributed by atoms with E-state index in [1.54, 1.807) is 36.3 Å². The highest BCUT2D eigenvalue weighted by Crippen LogP contribution is 2.26. The summed E-state index contributed by atoms with van der Waals surface area (Å²) < 4.78 is 5.09. The summed E-state index contributed by atoms with van der Waals surface area (Å²) in [6, 6.07) is 6.74. The molecule has 1 fully saturated rings. The van der Waals surface area contributed by atoms with Crippen LogP contribution in [0.5, 0.6) is 5.75 Å². The predicted molar refractivity (Wildman–Crippen MR) is 145 cm³/mol. The third kappa shape index (κ3) is 6.52. The Balaban J connectivity index is 1.20. The number of anilines is 2. The second kappa shape index (κ2) is 11.5. The Kier molecular flexibility index (Phi) is 8.14. The molecule has 1 spiro atoms. The van der Waals surface area contributed by atoms with Gasteiger partial charge < -0.3 is 31.7 Å². The lowest BCUT2D eigenvalue weighted by Crippen LogP contribution is -2.57. The number of hydrogen-bond acceptors (Lipinski definition) is 11. The third-order valence-corrected chi connectivity index (χ3v) is 6.84. The SMILES string of the molecule is COc1ccc(C(=N)NC(=O)CCC(=O)N2CCC3(CC2)CN=C(NC(=O)c2nc(Cl)c(N)nc2N)N3)cc1. The number of carbonyl (C=O) groups excluding carboxylic acids is 3. The molecule has 1 saturated heterocycles. The molecule has 3 heterocycles. The molecule has 0 unspecified atom stereocenters. The molecule has 0 aliphatic carbocycles. The van der Waals surface area contributed by atoms with Crippen LogP contribution < -0.4 is 32.2 Å². The first-order valence-electron chi connectivity index (χ1n) is 12.1. The highest BCUT2D eigenvalue weighted by molar-refractivity contribution is 6.31. The number of methoxy groups -OCH3 is 1. The van der Waals surface area contributed by atoms with Crippen LogP contribution >= 0.6 is 11.6 Å². The van der Waals surface area contributed by atoms with Crippen molar-refractivity contribution in [2.75, 3.05) is 38.2 Å². The number of aliphatic imine (C=N–C) groups is 1. The van der Waals surface area contributed by atoms with Gasteiger partial charge in [0.1, 0.15) is 11.6 Å². The lowest BCUT2D eigenvalue weighted by molar-refractivity contribution is -0.134. The van der Waals surface area contributed by atoms with Crippen molar-refractivity contribution in [3.8, 4) is 5.75 Å². The number of nitrogens with two attached hydrogens (primary N) is 2. The number of nitrogen functional groups attached to an aromatic ring is 2. The average Bonchev–Trinajstić information content (AvgIpc) is 3.31. The fourth-order valence-corrected chi connectivity index (χ4v) is 4.41. The number of likely N-dealkylation sites (tertiary alicyclic amines) is 1. The van der Waals surface area contributed by atoms with Gasteiger partial charge in [-0.1, -0.05) is 11.6 Å². The predicted octanol–water partition coefficient (Wildman–Crippen LogP) is 0.275. The molecule has 0 saturated carbocycles. The molecule has 2 aliphatic rings. The maximum atomic E-state index is 12.7. The van der Waals surface area contributed by atoms with Gasteiger partial charge in [0.05, 0.1) is 19.2 Å². The van der Waals surface area contributed by atoms with Crippen LogP contribution in [0.25, 0.3) is 0 Å². The van der Waals surface area contributed by atoms with E-state index in [-0.39, 0.29) is 53.0 Å². The van der Waals surface area contributed by atoms with Crippen molar-refractivity contribution in [1.29, 1.82) is 5.41 Å². The smallest absolute Gasteiger partial charge is 0.280 e. The largest absolute Gasteiger partial charge is 0.497 e. The van der Waals surface area contributed by atoms with E-state index in [2.05, 4.69) is 30.9 Å². The number of hydrogen-bond donors (Lipinski definition) is 6. The van der Waals surface area contributed by atoms with Crippen LogP contribution in [0.2, 0.25) is 5.15 Å². The molecule has 1 aromatic heterocycles. The van der Waals surface area contributed by atoms with Gasteiger partial charge in [0.25, 0.3) is 5.91 Å². The van der Waals surface area contributed by atoms with Crippen LogP contribution in [0, 0.1) is 5.41 Å². The van der Waals surface area contributed by atoms with E-state index < -0.39 is 17.4 Å². The van der Waals surface area contributed by atoms with Crippen LogP contribution in [0.15, 0.2) is 29.3 Å². The van der Waals surface area contributed by atoms with Gasteiger partial charge in [-0.3, -0.25) is 30.1 Å². The van der Waals surface area contributed by atoms with E-state index >= 15 is 0 Å². The number of ether oxygens (including phenoxy) is 1. The number of amidine groups is 1.